The van der Waals surface area contributed by atoms with E-state index < -0.39 is 0 Å². The molecule has 1 aromatic heterocycles. The van der Waals surface area contributed by atoms with Crippen LogP contribution >= 0.6 is 11.3 Å². The Labute approximate surface area is 71.2 Å². The lowest BCUT2D eigenvalue weighted by Gasteiger charge is -2.33. The molecule has 0 aliphatic heterocycles. The van der Waals surface area contributed by atoms with Crippen LogP contribution in [0, 0.1) is 6.92 Å². The van der Waals surface area contributed by atoms with Gasteiger partial charge < -0.3 is 5.73 Å². The van der Waals surface area contributed by atoms with Gasteiger partial charge in [0.2, 0.25) is 0 Å². The summed E-state index contributed by atoms with van der Waals surface area (Å²) in [5.74, 6) is 0.676. The maximum atomic E-state index is 5.89. The fourth-order valence-electron chi connectivity index (χ4n) is 1.62. The zero-order chi connectivity index (χ0) is 7.84. The van der Waals surface area contributed by atoms with Crippen molar-refractivity contribution in [2.75, 3.05) is 0 Å². The quantitative estimate of drug-likeness (QED) is 0.682. The highest BCUT2D eigenvalue weighted by molar-refractivity contribution is 7.10. The van der Waals surface area contributed by atoms with Crippen LogP contribution in [0.3, 0.4) is 0 Å². The fraction of sp³-hybridized carbons (Fsp3) is 0.556. The SMILES string of the molecule is Cc1ccsc1C1CC[C@H]1N. The average molecular weight is 167 g/mol. The lowest BCUT2D eigenvalue weighted by Crippen LogP contribution is -2.37. The van der Waals surface area contributed by atoms with E-state index in [1.54, 1.807) is 0 Å². The van der Waals surface area contributed by atoms with Gasteiger partial charge in [-0.1, -0.05) is 0 Å². The van der Waals surface area contributed by atoms with E-state index in [1.165, 1.54) is 23.3 Å². The van der Waals surface area contributed by atoms with Gasteiger partial charge in [-0.3, -0.25) is 0 Å². The van der Waals surface area contributed by atoms with Crippen molar-refractivity contribution in [2.45, 2.75) is 31.7 Å². The molecule has 1 saturated carbocycles. The minimum Gasteiger partial charge on any atom is -0.327 e. The summed E-state index contributed by atoms with van der Waals surface area (Å²) in [6, 6.07) is 2.62. The van der Waals surface area contributed by atoms with Gasteiger partial charge in [0, 0.05) is 16.8 Å². The van der Waals surface area contributed by atoms with Crippen LogP contribution in [-0.4, -0.2) is 6.04 Å². The molecular formula is C9H13NS. The van der Waals surface area contributed by atoms with Crippen molar-refractivity contribution in [3.63, 3.8) is 0 Å². The number of hydrogen-bond acceptors (Lipinski definition) is 2. The van der Waals surface area contributed by atoms with Crippen LogP contribution in [0.2, 0.25) is 0 Å². The zero-order valence-corrected chi connectivity index (χ0v) is 7.53. The summed E-state index contributed by atoms with van der Waals surface area (Å²) in [5.41, 5.74) is 7.32. The summed E-state index contributed by atoms with van der Waals surface area (Å²) < 4.78 is 0. The van der Waals surface area contributed by atoms with Gasteiger partial charge in [-0.2, -0.15) is 0 Å². The molecular weight excluding hydrogens is 154 g/mol. The molecule has 60 valence electrons. The van der Waals surface area contributed by atoms with E-state index in [2.05, 4.69) is 18.4 Å². The highest BCUT2D eigenvalue weighted by atomic mass is 32.1. The zero-order valence-electron chi connectivity index (χ0n) is 6.71. The molecule has 11 heavy (non-hydrogen) atoms. The smallest absolute Gasteiger partial charge is 0.0121 e. The first-order valence-electron chi connectivity index (χ1n) is 4.08. The maximum Gasteiger partial charge on any atom is 0.0121 e. The molecule has 1 aliphatic carbocycles. The van der Waals surface area contributed by atoms with Crippen molar-refractivity contribution in [2.24, 2.45) is 5.73 Å². The summed E-state index contributed by atoms with van der Waals surface area (Å²) in [6.07, 6.45) is 2.50. The predicted octanol–water partition coefficient (Wildman–Crippen LogP) is 2.26. The Bertz CT molecular complexity index is 254. The molecule has 2 heteroatoms. The second-order valence-corrected chi connectivity index (χ2v) is 4.26. The third kappa shape index (κ3) is 1.10. The number of nitrogens with two attached hydrogens (primary N) is 1. The minimum absolute atomic E-state index is 0.437. The van der Waals surface area contributed by atoms with Crippen molar-refractivity contribution in [3.05, 3.63) is 21.9 Å². The second-order valence-electron chi connectivity index (χ2n) is 3.32. The van der Waals surface area contributed by atoms with Crippen LogP contribution in [0.5, 0.6) is 0 Å². The molecule has 1 fully saturated rings. The molecule has 0 saturated heterocycles. The largest absolute Gasteiger partial charge is 0.327 e. The van der Waals surface area contributed by atoms with Crippen LogP contribution in [0.25, 0.3) is 0 Å². The first kappa shape index (κ1) is 7.32. The van der Waals surface area contributed by atoms with E-state index in [0.29, 0.717) is 12.0 Å². The Kier molecular flexibility index (Phi) is 1.74. The van der Waals surface area contributed by atoms with Gasteiger partial charge in [0.25, 0.3) is 0 Å². The number of thiophene rings is 1. The van der Waals surface area contributed by atoms with Crippen molar-refractivity contribution in [3.8, 4) is 0 Å². The van der Waals surface area contributed by atoms with Crippen molar-refractivity contribution in [1.29, 1.82) is 0 Å². The molecule has 1 aliphatic rings. The summed E-state index contributed by atoms with van der Waals surface area (Å²) in [4.78, 5) is 1.52. The van der Waals surface area contributed by atoms with Crippen LogP contribution in [0.15, 0.2) is 11.4 Å². The topological polar surface area (TPSA) is 26.0 Å². The summed E-state index contributed by atoms with van der Waals surface area (Å²) in [5, 5.41) is 2.16. The molecule has 2 rings (SSSR count). The molecule has 1 nitrogen and oxygen atoms in total. The van der Waals surface area contributed by atoms with Gasteiger partial charge in [0.1, 0.15) is 0 Å². The van der Waals surface area contributed by atoms with Gasteiger partial charge in [0.15, 0.2) is 0 Å². The Morgan fingerprint density at radius 1 is 1.55 bits per heavy atom. The molecule has 0 amide bonds. The van der Waals surface area contributed by atoms with Gasteiger partial charge in [-0.15, -0.1) is 11.3 Å². The highest BCUT2D eigenvalue weighted by Crippen LogP contribution is 2.39. The molecule has 0 bridgehead atoms. The highest BCUT2D eigenvalue weighted by Gasteiger charge is 2.30. The molecule has 1 aromatic rings. The summed E-state index contributed by atoms with van der Waals surface area (Å²) in [7, 11) is 0. The Morgan fingerprint density at radius 2 is 2.36 bits per heavy atom. The van der Waals surface area contributed by atoms with Gasteiger partial charge in [-0.05, 0) is 36.8 Å². The van der Waals surface area contributed by atoms with E-state index in [0.717, 1.165) is 0 Å². The number of aryl methyl sites for hydroxylation is 1. The Morgan fingerprint density at radius 3 is 2.73 bits per heavy atom. The lowest BCUT2D eigenvalue weighted by atomic mass is 9.78. The first-order chi connectivity index (χ1) is 5.29. The molecule has 2 N–H and O–H groups in total. The Hall–Kier alpha value is -0.340. The molecule has 1 heterocycles. The maximum absolute atomic E-state index is 5.89. The van der Waals surface area contributed by atoms with Crippen LogP contribution in [0.4, 0.5) is 0 Å². The lowest BCUT2D eigenvalue weighted by molar-refractivity contribution is 0.350. The fourth-order valence-corrected chi connectivity index (χ4v) is 2.76. The minimum atomic E-state index is 0.437. The molecule has 0 spiro atoms. The van der Waals surface area contributed by atoms with Gasteiger partial charge >= 0.3 is 0 Å². The summed E-state index contributed by atoms with van der Waals surface area (Å²) in [6.45, 7) is 2.18. The molecule has 0 radical (unpaired) electrons. The van der Waals surface area contributed by atoms with E-state index in [9.17, 15) is 0 Å². The molecule has 1 unspecified atom stereocenters. The number of hydrogen-bond donors (Lipinski definition) is 1. The van der Waals surface area contributed by atoms with E-state index in [4.69, 9.17) is 5.73 Å². The van der Waals surface area contributed by atoms with E-state index >= 15 is 0 Å². The standard InChI is InChI=1S/C9H13NS/c1-6-4-5-11-9(6)7-2-3-8(7)10/h4-5,7-8H,2-3,10H2,1H3/t7?,8-/m1/s1. The van der Waals surface area contributed by atoms with Crippen molar-refractivity contribution >= 4 is 11.3 Å². The van der Waals surface area contributed by atoms with Crippen LogP contribution in [-0.2, 0) is 0 Å². The summed E-state index contributed by atoms with van der Waals surface area (Å²) >= 11 is 1.86. The average Bonchev–Trinajstić information content (AvgIpc) is 2.34. The molecule has 0 aromatic carbocycles. The van der Waals surface area contributed by atoms with Crippen molar-refractivity contribution in [1.82, 2.24) is 0 Å². The van der Waals surface area contributed by atoms with E-state index in [-0.39, 0.29) is 0 Å². The first-order valence-corrected chi connectivity index (χ1v) is 4.96. The van der Waals surface area contributed by atoms with Gasteiger partial charge in [-0.25, -0.2) is 0 Å². The monoisotopic (exact) mass is 167 g/mol. The third-order valence-electron chi connectivity index (χ3n) is 2.57. The Balaban J connectivity index is 2.22. The second kappa shape index (κ2) is 2.61. The van der Waals surface area contributed by atoms with Crippen molar-refractivity contribution < 1.29 is 0 Å². The van der Waals surface area contributed by atoms with Crippen LogP contribution in [0.1, 0.15) is 29.2 Å². The predicted molar refractivity (Wildman–Crippen MR) is 49.0 cm³/mol. The van der Waals surface area contributed by atoms with E-state index in [1.807, 2.05) is 11.3 Å². The number of rotatable bonds is 1. The normalized spacial score (nSPS) is 30.0. The van der Waals surface area contributed by atoms with Crippen LogP contribution < -0.4 is 5.73 Å². The molecule has 2 atom stereocenters. The third-order valence-corrected chi connectivity index (χ3v) is 3.72. The van der Waals surface area contributed by atoms with Gasteiger partial charge in [0.05, 0.1) is 0 Å².